The van der Waals surface area contributed by atoms with E-state index < -0.39 is 11.5 Å². The lowest BCUT2D eigenvalue weighted by atomic mass is 9.45. The molecule has 3 saturated carbocycles. The molecule has 0 aromatic rings. The highest BCUT2D eigenvalue weighted by molar-refractivity contribution is 6.01. The van der Waals surface area contributed by atoms with Gasteiger partial charge in [0.05, 0.1) is 18.6 Å². The average molecular weight is 373 g/mol. The molecular weight excluding hydrogens is 340 g/mol. The zero-order valence-electron chi connectivity index (χ0n) is 17.1. The van der Waals surface area contributed by atoms with Gasteiger partial charge in [-0.15, -0.1) is 0 Å². The first kappa shape index (κ1) is 18.9. The number of esters is 1. The largest absolute Gasteiger partial charge is 0.469 e. The number of aliphatic hydroxyl groups is 1. The molecule has 0 bridgehead atoms. The molecule has 0 aromatic heterocycles. The van der Waals surface area contributed by atoms with Crippen LogP contribution in [0.25, 0.3) is 0 Å². The highest BCUT2D eigenvalue weighted by Crippen LogP contribution is 2.71. The highest BCUT2D eigenvalue weighted by atomic mass is 16.5. The Morgan fingerprint density at radius 3 is 2.67 bits per heavy atom. The average Bonchev–Trinajstić information content (AvgIpc) is 2.82. The molecule has 4 rings (SSSR count). The smallest absolute Gasteiger partial charge is 0.312 e. The van der Waals surface area contributed by atoms with Crippen molar-refractivity contribution in [3.05, 3.63) is 23.8 Å². The van der Waals surface area contributed by atoms with E-state index in [9.17, 15) is 14.7 Å². The van der Waals surface area contributed by atoms with Crippen LogP contribution in [0.2, 0.25) is 0 Å². The van der Waals surface area contributed by atoms with E-state index in [1.165, 1.54) is 12.7 Å². The Morgan fingerprint density at radius 1 is 1.30 bits per heavy atom. The molecule has 27 heavy (non-hydrogen) atoms. The zero-order chi connectivity index (χ0) is 19.8. The van der Waals surface area contributed by atoms with E-state index in [0.717, 1.165) is 19.3 Å². The maximum absolute atomic E-state index is 12.8. The van der Waals surface area contributed by atoms with Crippen LogP contribution in [0.4, 0.5) is 0 Å². The first-order valence-corrected chi connectivity index (χ1v) is 10.3. The summed E-state index contributed by atoms with van der Waals surface area (Å²) in [7, 11) is 1.47. The van der Waals surface area contributed by atoms with Crippen molar-refractivity contribution in [2.75, 3.05) is 7.11 Å². The van der Waals surface area contributed by atoms with Crippen molar-refractivity contribution < 1.29 is 19.4 Å². The molecular formula is C23H32O4. The zero-order valence-corrected chi connectivity index (χ0v) is 17.1. The lowest BCUT2D eigenvalue weighted by Crippen LogP contribution is -2.58. The Hall–Kier alpha value is -1.42. The molecule has 4 nitrogen and oxygen atoms in total. The quantitative estimate of drug-likeness (QED) is 0.713. The molecule has 3 fully saturated rings. The summed E-state index contributed by atoms with van der Waals surface area (Å²) in [5.74, 6) is 0.980. The van der Waals surface area contributed by atoms with Gasteiger partial charge in [0, 0.05) is 11.3 Å². The maximum atomic E-state index is 12.8. The molecule has 0 amide bonds. The van der Waals surface area contributed by atoms with Crippen LogP contribution in [0.1, 0.15) is 53.4 Å². The molecule has 0 saturated heterocycles. The molecule has 0 spiro atoms. The van der Waals surface area contributed by atoms with E-state index in [4.69, 9.17) is 4.74 Å². The first-order chi connectivity index (χ1) is 12.6. The second-order valence-electron chi connectivity index (χ2n) is 10.0. The number of rotatable bonds is 1. The van der Waals surface area contributed by atoms with Crippen molar-refractivity contribution >= 4 is 11.8 Å². The van der Waals surface area contributed by atoms with Crippen LogP contribution in [0.15, 0.2) is 23.8 Å². The monoisotopic (exact) mass is 372 g/mol. The predicted molar refractivity (Wildman–Crippen MR) is 103 cm³/mol. The van der Waals surface area contributed by atoms with Gasteiger partial charge in [-0.3, -0.25) is 9.59 Å². The Morgan fingerprint density at radius 2 is 2.00 bits per heavy atom. The number of ether oxygens (including phenoxy) is 1. The number of ketones is 1. The lowest BCUT2D eigenvalue weighted by molar-refractivity contribution is -0.175. The predicted octanol–water partition coefficient (Wildman–Crippen LogP) is 3.69. The number of aliphatic hydroxyl groups excluding tert-OH is 1. The Bertz CT molecular complexity index is 751. The van der Waals surface area contributed by atoms with Gasteiger partial charge in [-0.1, -0.05) is 32.4 Å². The fraction of sp³-hybridized carbons (Fsp3) is 0.739. The van der Waals surface area contributed by atoms with E-state index in [1.807, 2.05) is 13.0 Å². The van der Waals surface area contributed by atoms with Crippen LogP contribution in [0, 0.1) is 39.9 Å². The molecule has 1 N–H and O–H groups in total. The first-order valence-electron chi connectivity index (χ1n) is 10.3. The molecule has 4 aliphatic rings. The standard InChI is InChI=1S/C23H32O4/c1-13-10-17-16-7-6-14-11-15(24)8-9-21(14,2)19(16)18(25)12-22(17,3)23(13,4)20(26)27-5/h8-9,11,13,16-19,25H,6-7,10,12H2,1-5H3/t13-,16+,17+,18+,19-,21+,22+,23-/m1/s1. The summed E-state index contributed by atoms with van der Waals surface area (Å²) in [5, 5.41) is 11.4. The van der Waals surface area contributed by atoms with Crippen molar-refractivity contribution in [2.24, 2.45) is 39.9 Å². The number of hydrogen-bond acceptors (Lipinski definition) is 4. The number of fused-ring (bicyclic) bond motifs is 5. The second-order valence-corrected chi connectivity index (χ2v) is 10.0. The molecule has 4 aliphatic carbocycles. The van der Waals surface area contributed by atoms with Crippen molar-refractivity contribution in [1.29, 1.82) is 0 Å². The van der Waals surface area contributed by atoms with E-state index in [2.05, 4.69) is 20.8 Å². The summed E-state index contributed by atoms with van der Waals surface area (Å²) in [6.45, 7) is 8.59. The van der Waals surface area contributed by atoms with Crippen LogP contribution >= 0.6 is 0 Å². The fourth-order valence-electron chi connectivity index (χ4n) is 7.53. The van der Waals surface area contributed by atoms with Gasteiger partial charge < -0.3 is 9.84 Å². The number of hydrogen-bond donors (Lipinski definition) is 1. The molecule has 0 radical (unpaired) electrons. The van der Waals surface area contributed by atoms with Crippen LogP contribution in [-0.2, 0) is 14.3 Å². The summed E-state index contributed by atoms with van der Waals surface area (Å²) in [6, 6.07) is 0. The highest BCUT2D eigenvalue weighted by Gasteiger charge is 2.69. The molecule has 148 valence electrons. The van der Waals surface area contributed by atoms with Crippen molar-refractivity contribution in [3.8, 4) is 0 Å². The van der Waals surface area contributed by atoms with Crippen LogP contribution < -0.4 is 0 Å². The summed E-state index contributed by atoms with van der Waals surface area (Å²) in [5.41, 5.74) is 0.0608. The van der Waals surface area contributed by atoms with Crippen molar-refractivity contribution in [1.82, 2.24) is 0 Å². The van der Waals surface area contributed by atoms with Crippen molar-refractivity contribution in [2.45, 2.75) is 59.5 Å². The van der Waals surface area contributed by atoms with E-state index in [1.54, 1.807) is 12.2 Å². The fourth-order valence-corrected chi connectivity index (χ4v) is 7.53. The van der Waals surface area contributed by atoms with Gasteiger partial charge in [0.25, 0.3) is 0 Å². The number of allylic oxidation sites excluding steroid dienone is 4. The normalized spacial score (nSPS) is 51.1. The van der Waals surface area contributed by atoms with Gasteiger partial charge >= 0.3 is 5.97 Å². The number of carbonyl (C=O) groups is 2. The molecule has 0 aromatic carbocycles. The third-order valence-electron chi connectivity index (χ3n) is 9.27. The van der Waals surface area contributed by atoms with Gasteiger partial charge in [-0.25, -0.2) is 0 Å². The number of carbonyl (C=O) groups excluding carboxylic acids is 2. The molecule has 8 atom stereocenters. The van der Waals surface area contributed by atoms with E-state index in [-0.39, 0.29) is 34.4 Å². The molecule has 0 unspecified atom stereocenters. The Kier molecular flexibility index (Phi) is 4.06. The van der Waals surface area contributed by atoms with Gasteiger partial charge in [0.15, 0.2) is 5.78 Å². The molecule has 0 aliphatic heterocycles. The van der Waals surface area contributed by atoms with Crippen LogP contribution in [0.5, 0.6) is 0 Å². The summed E-state index contributed by atoms with van der Waals surface area (Å²) in [6.07, 6.45) is 8.48. The van der Waals surface area contributed by atoms with Gasteiger partial charge in [-0.2, -0.15) is 0 Å². The second kappa shape index (κ2) is 5.79. The topological polar surface area (TPSA) is 63.6 Å². The summed E-state index contributed by atoms with van der Waals surface area (Å²) >= 11 is 0. The third-order valence-corrected chi connectivity index (χ3v) is 9.27. The minimum atomic E-state index is -0.576. The minimum Gasteiger partial charge on any atom is -0.469 e. The van der Waals surface area contributed by atoms with Gasteiger partial charge in [0.2, 0.25) is 0 Å². The third kappa shape index (κ3) is 2.19. The maximum Gasteiger partial charge on any atom is 0.312 e. The number of methoxy groups -OCH3 is 1. The van der Waals surface area contributed by atoms with Crippen LogP contribution in [-0.4, -0.2) is 30.1 Å². The van der Waals surface area contributed by atoms with Crippen LogP contribution in [0.3, 0.4) is 0 Å². The van der Waals surface area contributed by atoms with E-state index in [0.29, 0.717) is 18.3 Å². The van der Waals surface area contributed by atoms with Gasteiger partial charge in [-0.05, 0) is 67.9 Å². The Labute approximate surface area is 162 Å². The summed E-state index contributed by atoms with van der Waals surface area (Å²) in [4.78, 5) is 24.7. The van der Waals surface area contributed by atoms with Crippen molar-refractivity contribution in [3.63, 3.8) is 0 Å². The SMILES string of the molecule is COC(=O)[C@@]1(C)[C@H](C)C[C@H]2[C@@H]3CCC4=CC(=O)C=C[C@]4(C)[C@H]3[C@@H](O)C[C@@]21C. The summed E-state index contributed by atoms with van der Waals surface area (Å²) < 4.78 is 5.23. The molecule has 4 heteroatoms. The van der Waals surface area contributed by atoms with Gasteiger partial charge in [0.1, 0.15) is 0 Å². The molecule has 0 heterocycles. The van der Waals surface area contributed by atoms with E-state index >= 15 is 0 Å². The lowest BCUT2D eigenvalue weighted by Gasteiger charge is -2.60. The minimum absolute atomic E-state index is 0.0591. The Balaban J connectivity index is 1.78.